The Morgan fingerprint density at radius 3 is 2.39 bits per heavy atom. The van der Waals surface area contributed by atoms with E-state index in [4.69, 9.17) is 11.6 Å². The summed E-state index contributed by atoms with van der Waals surface area (Å²) in [5, 5.41) is 0.762. The van der Waals surface area contributed by atoms with E-state index in [1.807, 2.05) is 56.2 Å². The summed E-state index contributed by atoms with van der Waals surface area (Å²) in [6.07, 6.45) is 0.867. The summed E-state index contributed by atoms with van der Waals surface area (Å²) in [6.45, 7) is 0.741. The maximum Gasteiger partial charge on any atom is 0.195 e. The van der Waals surface area contributed by atoms with Gasteiger partial charge in [-0.05, 0) is 30.2 Å². The minimum atomic E-state index is 0.741. The van der Waals surface area contributed by atoms with Gasteiger partial charge in [0.05, 0.1) is 0 Å². The topological polar surface area (TPSA) is 18.8 Å². The predicted octanol–water partition coefficient (Wildman–Crippen LogP) is 3.12. The molecule has 1 aromatic carbocycles. The van der Waals surface area contributed by atoms with Gasteiger partial charge in [-0.15, -0.1) is 0 Å². The molecule has 0 fully saturated rings. The Bertz CT molecular complexity index is 420. The van der Waals surface area contributed by atoms with Crippen molar-refractivity contribution in [2.75, 3.05) is 34.7 Å². The van der Waals surface area contributed by atoms with Crippen LogP contribution in [0, 0.1) is 0 Å². The normalized spacial score (nSPS) is 10.1. The molecule has 0 heterocycles. The third-order valence-corrected chi connectivity index (χ3v) is 3.45. The standard InChI is InChI=1S/C13H19BrClN3/c1-17(2)13(18(3)4)16-8-7-10-9-11(15)5-6-12(10)14/h5-6,9H,7-8H2,1-4H3. The van der Waals surface area contributed by atoms with E-state index in [2.05, 4.69) is 20.9 Å². The van der Waals surface area contributed by atoms with E-state index < -0.39 is 0 Å². The van der Waals surface area contributed by atoms with Gasteiger partial charge in [-0.1, -0.05) is 27.5 Å². The van der Waals surface area contributed by atoms with E-state index in [1.165, 1.54) is 5.56 Å². The van der Waals surface area contributed by atoms with Crippen LogP contribution in [-0.4, -0.2) is 50.5 Å². The van der Waals surface area contributed by atoms with Crippen molar-refractivity contribution in [1.29, 1.82) is 0 Å². The monoisotopic (exact) mass is 331 g/mol. The second-order valence-electron chi connectivity index (χ2n) is 4.46. The molecule has 0 saturated carbocycles. The Morgan fingerprint density at radius 1 is 1.22 bits per heavy atom. The van der Waals surface area contributed by atoms with Crippen molar-refractivity contribution in [2.24, 2.45) is 4.99 Å². The second kappa shape index (κ2) is 7.00. The highest BCUT2D eigenvalue weighted by molar-refractivity contribution is 9.10. The van der Waals surface area contributed by atoms with Crippen molar-refractivity contribution in [3.05, 3.63) is 33.3 Å². The van der Waals surface area contributed by atoms with Gasteiger partial charge in [0.15, 0.2) is 5.96 Å². The Labute approximate surface area is 123 Å². The highest BCUT2D eigenvalue weighted by atomic mass is 79.9. The summed E-state index contributed by atoms with van der Waals surface area (Å²) in [5.41, 5.74) is 1.18. The van der Waals surface area contributed by atoms with Crippen molar-refractivity contribution in [1.82, 2.24) is 9.80 Å². The van der Waals surface area contributed by atoms with E-state index in [0.29, 0.717) is 0 Å². The molecule has 0 aliphatic rings. The SMILES string of the molecule is CN(C)C(=NCCc1cc(Cl)ccc1Br)N(C)C. The summed E-state index contributed by atoms with van der Waals surface area (Å²) in [5.74, 6) is 0.966. The van der Waals surface area contributed by atoms with Crippen LogP contribution in [0.2, 0.25) is 5.02 Å². The van der Waals surface area contributed by atoms with Gasteiger partial charge in [0.25, 0.3) is 0 Å². The smallest absolute Gasteiger partial charge is 0.195 e. The molecular formula is C13H19BrClN3. The number of hydrogen-bond acceptors (Lipinski definition) is 1. The molecule has 0 amide bonds. The van der Waals surface area contributed by atoms with Crippen LogP contribution in [-0.2, 0) is 6.42 Å². The summed E-state index contributed by atoms with van der Waals surface area (Å²) in [4.78, 5) is 8.61. The fourth-order valence-electron chi connectivity index (χ4n) is 1.69. The van der Waals surface area contributed by atoms with Gasteiger partial charge >= 0.3 is 0 Å². The lowest BCUT2D eigenvalue weighted by Gasteiger charge is -2.22. The van der Waals surface area contributed by atoms with Gasteiger partial charge in [0.2, 0.25) is 0 Å². The molecule has 100 valence electrons. The molecule has 0 aliphatic carbocycles. The Balaban J connectivity index is 2.70. The molecule has 0 unspecified atom stereocenters. The molecule has 1 aromatic rings. The van der Waals surface area contributed by atoms with Crippen molar-refractivity contribution in [3.8, 4) is 0 Å². The van der Waals surface area contributed by atoms with Crippen LogP contribution in [0.5, 0.6) is 0 Å². The highest BCUT2D eigenvalue weighted by Gasteiger charge is 2.05. The highest BCUT2D eigenvalue weighted by Crippen LogP contribution is 2.21. The molecule has 0 radical (unpaired) electrons. The average Bonchev–Trinajstić information content (AvgIpc) is 2.27. The second-order valence-corrected chi connectivity index (χ2v) is 5.75. The molecular weight excluding hydrogens is 314 g/mol. The van der Waals surface area contributed by atoms with Gasteiger partial charge in [-0.25, -0.2) is 0 Å². The molecule has 0 spiro atoms. The quantitative estimate of drug-likeness (QED) is 0.625. The Hall–Kier alpha value is -0.740. The Kier molecular flexibility index (Phi) is 5.96. The molecule has 0 bridgehead atoms. The number of benzene rings is 1. The lowest BCUT2D eigenvalue weighted by molar-refractivity contribution is 0.479. The summed E-state index contributed by atoms with van der Waals surface area (Å²) < 4.78 is 1.08. The molecule has 0 N–H and O–H groups in total. The van der Waals surface area contributed by atoms with E-state index in [9.17, 15) is 0 Å². The van der Waals surface area contributed by atoms with Crippen LogP contribution in [0.25, 0.3) is 0 Å². The van der Waals surface area contributed by atoms with Crippen LogP contribution >= 0.6 is 27.5 Å². The lowest BCUT2D eigenvalue weighted by atomic mass is 10.1. The summed E-state index contributed by atoms with van der Waals surface area (Å²) in [6, 6.07) is 5.83. The maximum absolute atomic E-state index is 5.99. The summed E-state index contributed by atoms with van der Waals surface area (Å²) in [7, 11) is 7.98. The maximum atomic E-state index is 5.99. The number of hydrogen-bond donors (Lipinski definition) is 0. The largest absolute Gasteiger partial charge is 0.349 e. The molecule has 1 rings (SSSR count). The molecule has 0 aliphatic heterocycles. The first-order valence-corrected chi connectivity index (χ1v) is 6.92. The first-order chi connectivity index (χ1) is 8.41. The van der Waals surface area contributed by atoms with Crippen LogP contribution in [0.15, 0.2) is 27.7 Å². The Morgan fingerprint density at radius 2 is 1.83 bits per heavy atom. The number of guanidine groups is 1. The van der Waals surface area contributed by atoms with Crippen molar-refractivity contribution < 1.29 is 0 Å². The van der Waals surface area contributed by atoms with Gasteiger partial charge in [-0.2, -0.15) is 0 Å². The lowest BCUT2D eigenvalue weighted by Crippen LogP contribution is -2.35. The number of nitrogens with zero attached hydrogens (tertiary/aromatic N) is 3. The minimum absolute atomic E-state index is 0.741. The first kappa shape index (κ1) is 15.3. The molecule has 0 saturated heterocycles. The van der Waals surface area contributed by atoms with E-state index in [1.54, 1.807) is 0 Å². The molecule has 0 atom stereocenters. The van der Waals surface area contributed by atoms with Gasteiger partial charge in [0, 0.05) is 44.2 Å². The van der Waals surface area contributed by atoms with Crippen LogP contribution in [0.1, 0.15) is 5.56 Å². The van der Waals surface area contributed by atoms with Crippen LogP contribution in [0.4, 0.5) is 0 Å². The first-order valence-electron chi connectivity index (χ1n) is 5.75. The van der Waals surface area contributed by atoms with Gasteiger partial charge in [-0.3, -0.25) is 4.99 Å². The number of halogens is 2. The van der Waals surface area contributed by atoms with Crippen molar-refractivity contribution in [2.45, 2.75) is 6.42 Å². The zero-order valence-electron chi connectivity index (χ0n) is 11.2. The molecule has 0 aromatic heterocycles. The van der Waals surface area contributed by atoms with E-state index >= 15 is 0 Å². The van der Waals surface area contributed by atoms with Gasteiger partial charge in [0.1, 0.15) is 0 Å². The third-order valence-electron chi connectivity index (χ3n) is 2.44. The average molecular weight is 333 g/mol. The third kappa shape index (κ3) is 4.50. The fraction of sp³-hybridized carbons (Fsp3) is 0.462. The van der Waals surface area contributed by atoms with Crippen molar-refractivity contribution >= 4 is 33.5 Å². The zero-order valence-corrected chi connectivity index (χ0v) is 13.6. The predicted molar refractivity (Wildman–Crippen MR) is 82.5 cm³/mol. The zero-order chi connectivity index (χ0) is 13.7. The van der Waals surface area contributed by atoms with Crippen molar-refractivity contribution in [3.63, 3.8) is 0 Å². The molecule has 5 heteroatoms. The molecule has 3 nitrogen and oxygen atoms in total. The number of rotatable bonds is 3. The summed E-state index contributed by atoms with van der Waals surface area (Å²) >= 11 is 9.51. The van der Waals surface area contributed by atoms with Crippen LogP contribution < -0.4 is 0 Å². The molecule has 18 heavy (non-hydrogen) atoms. The van der Waals surface area contributed by atoms with Gasteiger partial charge < -0.3 is 9.80 Å². The minimum Gasteiger partial charge on any atom is -0.349 e. The van der Waals surface area contributed by atoms with Crippen LogP contribution in [0.3, 0.4) is 0 Å². The van der Waals surface area contributed by atoms with E-state index in [-0.39, 0.29) is 0 Å². The number of aliphatic imine (C=N–C) groups is 1. The fourth-order valence-corrected chi connectivity index (χ4v) is 2.33. The van der Waals surface area contributed by atoms with E-state index in [0.717, 1.165) is 28.4 Å².